The van der Waals surface area contributed by atoms with E-state index in [1.807, 2.05) is 0 Å². The Morgan fingerprint density at radius 2 is 2.06 bits per heavy atom. The van der Waals surface area contributed by atoms with Crippen LogP contribution in [0.4, 0.5) is 0 Å². The van der Waals surface area contributed by atoms with Crippen molar-refractivity contribution in [2.75, 3.05) is 0 Å². The van der Waals surface area contributed by atoms with E-state index in [1.165, 1.54) is 30.4 Å². The van der Waals surface area contributed by atoms with Gasteiger partial charge >= 0.3 is 0 Å². The van der Waals surface area contributed by atoms with Gasteiger partial charge in [-0.15, -0.1) is 0 Å². The summed E-state index contributed by atoms with van der Waals surface area (Å²) in [7, 11) is 0. The summed E-state index contributed by atoms with van der Waals surface area (Å²) < 4.78 is 0. The van der Waals surface area contributed by atoms with Crippen LogP contribution in [0.15, 0.2) is 24.3 Å². The van der Waals surface area contributed by atoms with Crippen molar-refractivity contribution in [1.29, 1.82) is 0 Å². The van der Waals surface area contributed by atoms with E-state index in [0.717, 1.165) is 12.3 Å². The third kappa shape index (κ3) is 3.35. The minimum absolute atomic E-state index is 0.238. The summed E-state index contributed by atoms with van der Waals surface area (Å²) in [6.07, 6.45) is 5.11. The zero-order chi connectivity index (χ0) is 13.1. The highest BCUT2D eigenvalue weighted by molar-refractivity contribution is 5.27. The van der Waals surface area contributed by atoms with Crippen molar-refractivity contribution in [3.05, 3.63) is 35.4 Å². The number of rotatable bonds is 4. The van der Waals surface area contributed by atoms with E-state index in [9.17, 15) is 0 Å². The second kappa shape index (κ2) is 5.88. The number of hydrogen-bond acceptors (Lipinski definition) is 1. The molecule has 1 fully saturated rings. The molecule has 18 heavy (non-hydrogen) atoms. The van der Waals surface area contributed by atoms with Crippen molar-refractivity contribution in [2.24, 2.45) is 23.5 Å². The van der Waals surface area contributed by atoms with Crippen LogP contribution in [0.1, 0.15) is 57.2 Å². The van der Waals surface area contributed by atoms with E-state index in [4.69, 9.17) is 5.73 Å². The Balaban J connectivity index is 2.07. The van der Waals surface area contributed by atoms with Crippen molar-refractivity contribution >= 4 is 0 Å². The molecule has 1 aliphatic carbocycles. The summed E-state index contributed by atoms with van der Waals surface area (Å²) in [6, 6.07) is 9.17. The summed E-state index contributed by atoms with van der Waals surface area (Å²) in [5.74, 6) is 2.26. The van der Waals surface area contributed by atoms with Crippen LogP contribution in [0.25, 0.3) is 0 Å². The molecule has 0 heterocycles. The number of hydrogen-bond donors (Lipinski definition) is 1. The lowest BCUT2D eigenvalue weighted by Gasteiger charge is -2.20. The molecule has 3 atom stereocenters. The maximum atomic E-state index is 6.46. The van der Waals surface area contributed by atoms with Gasteiger partial charge in [-0.25, -0.2) is 0 Å². The highest BCUT2D eigenvalue weighted by atomic mass is 14.7. The third-order valence-electron chi connectivity index (χ3n) is 4.22. The van der Waals surface area contributed by atoms with Crippen LogP contribution in [0.3, 0.4) is 0 Å². The Morgan fingerprint density at radius 1 is 1.28 bits per heavy atom. The predicted octanol–water partition coefficient (Wildman–Crippen LogP) is 4.32. The van der Waals surface area contributed by atoms with Gasteiger partial charge in [0, 0.05) is 6.04 Å². The van der Waals surface area contributed by atoms with Crippen LogP contribution < -0.4 is 5.73 Å². The molecule has 1 saturated carbocycles. The fourth-order valence-corrected chi connectivity index (χ4v) is 3.25. The molecule has 100 valence electrons. The van der Waals surface area contributed by atoms with Gasteiger partial charge in [0.05, 0.1) is 0 Å². The van der Waals surface area contributed by atoms with Crippen LogP contribution in [0, 0.1) is 17.8 Å². The summed E-state index contributed by atoms with van der Waals surface area (Å²) in [4.78, 5) is 0. The Labute approximate surface area is 112 Å². The highest BCUT2D eigenvalue weighted by Crippen LogP contribution is 2.37. The van der Waals surface area contributed by atoms with Gasteiger partial charge in [0.1, 0.15) is 0 Å². The highest BCUT2D eigenvalue weighted by Gasteiger charge is 2.27. The molecule has 1 aliphatic rings. The molecule has 2 rings (SSSR count). The Morgan fingerprint density at radius 3 is 2.67 bits per heavy atom. The van der Waals surface area contributed by atoms with Crippen LogP contribution in [0.5, 0.6) is 0 Å². The molecule has 0 radical (unpaired) electrons. The second-order valence-corrected chi connectivity index (χ2v) is 6.55. The van der Waals surface area contributed by atoms with Gasteiger partial charge in [0.2, 0.25) is 0 Å². The Bertz CT molecular complexity index is 383. The number of nitrogens with two attached hydrogens (primary N) is 1. The van der Waals surface area contributed by atoms with Gasteiger partial charge in [-0.3, -0.25) is 0 Å². The van der Waals surface area contributed by atoms with E-state index < -0.39 is 0 Å². The molecule has 2 N–H and O–H groups in total. The van der Waals surface area contributed by atoms with Crippen molar-refractivity contribution in [2.45, 2.75) is 52.5 Å². The van der Waals surface area contributed by atoms with Crippen molar-refractivity contribution in [3.63, 3.8) is 0 Å². The molecule has 0 spiro atoms. The Hall–Kier alpha value is -0.820. The predicted molar refractivity (Wildman–Crippen MR) is 78.4 cm³/mol. The maximum Gasteiger partial charge on any atom is 0.0323 e. The smallest absolute Gasteiger partial charge is 0.0323 e. The molecule has 0 amide bonds. The van der Waals surface area contributed by atoms with Crippen LogP contribution in [-0.2, 0) is 6.42 Å². The molecular weight excluding hydrogens is 218 g/mol. The quantitative estimate of drug-likeness (QED) is 0.840. The van der Waals surface area contributed by atoms with E-state index in [2.05, 4.69) is 45.0 Å². The summed E-state index contributed by atoms with van der Waals surface area (Å²) >= 11 is 0. The van der Waals surface area contributed by atoms with Gasteiger partial charge in [-0.1, -0.05) is 51.5 Å². The summed E-state index contributed by atoms with van der Waals surface area (Å²) in [5, 5.41) is 0. The average molecular weight is 245 g/mol. The van der Waals surface area contributed by atoms with Crippen LogP contribution >= 0.6 is 0 Å². The van der Waals surface area contributed by atoms with Gasteiger partial charge in [0.15, 0.2) is 0 Å². The maximum absolute atomic E-state index is 6.46. The topological polar surface area (TPSA) is 26.0 Å². The molecule has 0 bridgehead atoms. The monoisotopic (exact) mass is 245 g/mol. The van der Waals surface area contributed by atoms with E-state index in [0.29, 0.717) is 11.8 Å². The molecular formula is C17H27N. The first-order chi connectivity index (χ1) is 8.56. The van der Waals surface area contributed by atoms with Gasteiger partial charge < -0.3 is 5.73 Å². The molecule has 1 heteroatoms. The largest absolute Gasteiger partial charge is 0.324 e. The van der Waals surface area contributed by atoms with Gasteiger partial charge in [-0.2, -0.15) is 0 Å². The molecule has 0 aliphatic heterocycles. The Kier molecular flexibility index (Phi) is 4.45. The summed E-state index contributed by atoms with van der Waals surface area (Å²) in [5.41, 5.74) is 9.24. The zero-order valence-corrected chi connectivity index (χ0v) is 12.0. The van der Waals surface area contributed by atoms with E-state index in [1.54, 1.807) is 0 Å². The fourth-order valence-electron chi connectivity index (χ4n) is 3.25. The molecule has 1 nitrogen and oxygen atoms in total. The van der Waals surface area contributed by atoms with Gasteiger partial charge in [0.25, 0.3) is 0 Å². The number of benzene rings is 1. The first kappa shape index (κ1) is 13.6. The molecule has 1 aromatic rings. The van der Waals surface area contributed by atoms with Crippen molar-refractivity contribution in [3.8, 4) is 0 Å². The molecule has 1 aromatic carbocycles. The zero-order valence-electron chi connectivity index (χ0n) is 12.0. The lowest BCUT2D eigenvalue weighted by Crippen LogP contribution is -2.19. The molecule has 0 saturated heterocycles. The molecule has 0 aromatic heterocycles. The van der Waals surface area contributed by atoms with E-state index >= 15 is 0 Å². The molecule has 3 unspecified atom stereocenters. The standard InChI is InChI=1S/C17H27N/c1-12(2)9-14-5-4-6-15(11-14)17(18)16-8-7-13(3)10-16/h4-6,11-13,16-17H,7-10,18H2,1-3H3. The minimum atomic E-state index is 0.238. The van der Waals surface area contributed by atoms with Gasteiger partial charge in [-0.05, 0) is 48.1 Å². The van der Waals surface area contributed by atoms with Crippen molar-refractivity contribution in [1.82, 2.24) is 0 Å². The minimum Gasteiger partial charge on any atom is -0.324 e. The SMILES string of the molecule is CC(C)Cc1cccc(C(N)C2CCC(C)C2)c1. The van der Waals surface area contributed by atoms with Crippen LogP contribution in [0.2, 0.25) is 0 Å². The normalized spacial score (nSPS) is 25.6. The van der Waals surface area contributed by atoms with Crippen LogP contribution in [-0.4, -0.2) is 0 Å². The lowest BCUT2D eigenvalue weighted by atomic mass is 9.90. The average Bonchev–Trinajstić information content (AvgIpc) is 2.74. The first-order valence-corrected chi connectivity index (χ1v) is 7.40. The lowest BCUT2D eigenvalue weighted by molar-refractivity contribution is 0.428. The third-order valence-corrected chi connectivity index (χ3v) is 4.22. The summed E-state index contributed by atoms with van der Waals surface area (Å²) in [6.45, 7) is 6.89. The first-order valence-electron chi connectivity index (χ1n) is 7.40. The fraction of sp³-hybridized carbons (Fsp3) is 0.647. The second-order valence-electron chi connectivity index (χ2n) is 6.55. The van der Waals surface area contributed by atoms with E-state index in [-0.39, 0.29) is 6.04 Å². The van der Waals surface area contributed by atoms with Crippen molar-refractivity contribution < 1.29 is 0 Å².